The normalized spacial score (nSPS) is 10.6. The summed E-state index contributed by atoms with van der Waals surface area (Å²) in [6.07, 6.45) is 3.59. The number of nitrogens with one attached hydrogen (secondary N) is 1. The Kier molecular flexibility index (Phi) is 6.07. The first kappa shape index (κ1) is 17.4. The Hall–Kier alpha value is -1.98. The van der Waals surface area contributed by atoms with E-state index in [1.54, 1.807) is 12.4 Å². The van der Waals surface area contributed by atoms with Crippen LogP contribution in [0, 0.1) is 0 Å². The Morgan fingerprint density at radius 1 is 1.04 bits per heavy atom. The summed E-state index contributed by atoms with van der Waals surface area (Å²) in [5, 5.41) is 4.68. The van der Waals surface area contributed by atoms with Gasteiger partial charge in [0, 0.05) is 42.1 Å². The molecule has 0 fully saturated rings. The Morgan fingerprint density at radius 3 is 2.52 bits per heavy atom. The summed E-state index contributed by atoms with van der Waals surface area (Å²) in [6.45, 7) is 1.89. The van der Waals surface area contributed by atoms with Crippen molar-refractivity contribution in [3.05, 3.63) is 54.9 Å². The lowest BCUT2D eigenvalue weighted by Crippen LogP contribution is -2.20. The van der Waals surface area contributed by atoms with Gasteiger partial charge in [-0.05, 0) is 38.4 Å². The van der Waals surface area contributed by atoms with Crippen LogP contribution >= 0.6 is 17.0 Å². The van der Waals surface area contributed by atoms with Crippen LogP contribution in [0.1, 0.15) is 0 Å². The van der Waals surface area contributed by atoms with Crippen LogP contribution in [-0.2, 0) is 0 Å². The van der Waals surface area contributed by atoms with Gasteiger partial charge in [0.1, 0.15) is 0 Å². The van der Waals surface area contributed by atoms with Crippen LogP contribution in [0.3, 0.4) is 0 Å². The minimum Gasteiger partial charge on any atom is -0.383 e. The van der Waals surface area contributed by atoms with E-state index in [9.17, 15) is 0 Å². The molecule has 5 heteroatoms. The van der Waals surface area contributed by atoms with Crippen molar-refractivity contribution < 1.29 is 0 Å². The van der Waals surface area contributed by atoms with Crippen molar-refractivity contribution in [2.75, 3.05) is 32.5 Å². The quantitative estimate of drug-likeness (QED) is 0.738. The van der Waals surface area contributed by atoms with Gasteiger partial charge >= 0.3 is 0 Å². The predicted octanol–water partition coefficient (Wildman–Crippen LogP) is 3.85. The maximum Gasteiger partial charge on any atom is 0.0731 e. The van der Waals surface area contributed by atoms with Gasteiger partial charge in [0.05, 0.1) is 11.2 Å². The van der Waals surface area contributed by atoms with Crippen molar-refractivity contribution >= 4 is 33.6 Å². The largest absolute Gasteiger partial charge is 0.383 e. The minimum absolute atomic E-state index is 0. The molecule has 0 amide bonds. The van der Waals surface area contributed by atoms with E-state index in [4.69, 9.17) is 4.98 Å². The van der Waals surface area contributed by atoms with Gasteiger partial charge in [0.25, 0.3) is 0 Å². The summed E-state index contributed by atoms with van der Waals surface area (Å²) in [6, 6.07) is 14.3. The fraction of sp³-hybridized carbons (Fsp3) is 0.222. The highest BCUT2D eigenvalue weighted by Gasteiger charge is 2.07. The van der Waals surface area contributed by atoms with Gasteiger partial charge in [-0.3, -0.25) is 4.98 Å². The first-order valence-corrected chi connectivity index (χ1v) is 7.43. The van der Waals surface area contributed by atoms with E-state index in [0.29, 0.717) is 0 Å². The number of hydrogen-bond acceptors (Lipinski definition) is 4. The topological polar surface area (TPSA) is 41.0 Å². The molecule has 1 N–H and O–H groups in total. The standard InChI is InChI=1S/C18H20N4.BrH/c1-22(2)12-11-20-18-13-17(14-7-9-19-10-8-14)21-16-6-4-3-5-15(16)18;/h3-10,13H,11-12H2,1-2H3,(H,20,21);1H. The predicted molar refractivity (Wildman–Crippen MR) is 102 cm³/mol. The number of benzene rings is 1. The van der Waals surface area contributed by atoms with E-state index >= 15 is 0 Å². The second-order valence-electron chi connectivity index (χ2n) is 5.54. The highest BCUT2D eigenvalue weighted by molar-refractivity contribution is 8.93. The molecular weight excluding hydrogens is 352 g/mol. The van der Waals surface area contributed by atoms with Crippen LogP contribution in [0.15, 0.2) is 54.9 Å². The second-order valence-corrected chi connectivity index (χ2v) is 5.54. The molecule has 0 bridgehead atoms. The molecule has 120 valence electrons. The third-order valence-electron chi connectivity index (χ3n) is 3.57. The lowest BCUT2D eigenvalue weighted by molar-refractivity contribution is 0.425. The highest BCUT2D eigenvalue weighted by atomic mass is 79.9. The number of fused-ring (bicyclic) bond motifs is 1. The molecule has 4 nitrogen and oxygen atoms in total. The lowest BCUT2D eigenvalue weighted by atomic mass is 10.1. The summed E-state index contributed by atoms with van der Waals surface area (Å²) in [7, 11) is 4.16. The summed E-state index contributed by atoms with van der Waals surface area (Å²) in [5.41, 5.74) is 4.17. The number of aromatic nitrogens is 2. The van der Waals surface area contributed by atoms with Crippen LogP contribution in [0.25, 0.3) is 22.2 Å². The van der Waals surface area contributed by atoms with Crippen LogP contribution in [0.5, 0.6) is 0 Å². The van der Waals surface area contributed by atoms with Crippen LogP contribution < -0.4 is 5.32 Å². The molecule has 0 unspecified atom stereocenters. The zero-order chi connectivity index (χ0) is 15.4. The molecule has 3 aromatic rings. The molecule has 3 rings (SSSR count). The zero-order valence-corrected chi connectivity index (χ0v) is 15.1. The van der Waals surface area contributed by atoms with Crippen molar-refractivity contribution in [3.63, 3.8) is 0 Å². The Labute approximate surface area is 147 Å². The molecule has 0 aliphatic carbocycles. The van der Waals surface area contributed by atoms with E-state index in [1.807, 2.05) is 24.3 Å². The first-order valence-electron chi connectivity index (χ1n) is 7.43. The Bertz CT molecular complexity index is 759. The molecular formula is C18H21BrN4. The molecule has 0 saturated heterocycles. The average Bonchev–Trinajstić information content (AvgIpc) is 2.55. The third kappa shape index (κ3) is 4.27. The number of hydrogen-bond donors (Lipinski definition) is 1. The molecule has 0 aliphatic heterocycles. The number of nitrogens with zero attached hydrogens (tertiary/aromatic N) is 3. The fourth-order valence-electron chi connectivity index (χ4n) is 2.41. The van der Waals surface area contributed by atoms with Crippen LogP contribution in [-0.4, -0.2) is 42.1 Å². The van der Waals surface area contributed by atoms with E-state index in [0.717, 1.165) is 40.9 Å². The van der Waals surface area contributed by atoms with E-state index in [-0.39, 0.29) is 17.0 Å². The van der Waals surface area contributed by atoms with Crippen molar-refractivity contribution in [3.8, 4) is 11.3 Å². The van der Waals surface area contributed by atoms with Crippen molar-refractivity contribution in [1.29, 1.82) is 0 Å². The zero-order valence-electron chi connectivity index (χ0n) is 13.4. The highest BCUT2D eigenvalue weighted by Crippen LogP contribution is 2.27. The number of para-hydroxylation sites is 1. The summed E-state index contributed by atoms with van der Waals surface area (Å²) < 4.78 is 0. The van der Waals surface area contributed by atoms with Gasteiger partial charge in [-0.1, -0.05) is 18.2 Å². The summed E-state index contributed by atoms with van der Waals surface area (Å²) in [4.78, 5) is 11.0. The van der Waals surface area contributed by atoms with Crippen molar-refractivity contribution in [1.82, 2.24) is 14.9 Å². The van der Waals surface area contributed by atoms with E-state index in [1.165, 1.54) is 0 Å². The molecule has 2 heterocycles. The van der Waals surface area contributed by atoms with Gasteiger partial charge in [0.15, 0.2) is 0 Å². The van der Waals surface area contributed by atoms with Crippen LogP contribution in [0.4, 0.5) is 5.69 Å². The molecule has 0 saturated carbocycles. The number of likely N-dealkylation sites (N-methyl/N-ethyl adjacent to an activating group) is 1. The number of anilines is 1. The maximum atomic E-state index is 4.77. The SMILES string of the molecule is Br.CN(C)CCNc1cc(-c2ccncc2)nc2ccccc12. The van der Waals surface area contributed by atoms with Gasteiger partial charge in [-0.2, -0.15) is 0 Å². The molecule has 2 aromatic heterocycles. The lowest BCUT2D eigenvalue weighted by Gasteiger charge is -2.14. The van der Waals surface area contributed by atoms with Gasteiger partial charge in [0.2, 0.25) is 0 Å². The molecule has 0 spiro atoms. The van der Waals surface area contributed by atoms with E-state index < -0.39 is 0 Å². The Morgan fingerprint density at radius 2 is 1.78 bits per heavy atom. The molecule has 23 heavy (non-hydrogen) atoms. The summed E-state index contributed by atoms with van der Waals surface area (Å²) in [5.74, 6) is 0. The smallest absolute Gasteiger partial charge is 0.0731 e. The number of rotatable bonds is 5. The van der Waals surface area contributed by atoms with Gasteiger partial charge < -0.3 is 10.2 Å². The summed E-state index contributed by atoms with van der Waals surface area (Å²) >= 11 is 0. The molecule has 0 aliphatic rings. The molecule has 1 aromatic carbocycles. The first-order chi connectivity index (χ1) is 10.7. The molecule has 0 atom stereocenters. The van der Waals surface area contributed by atoms with Gasteiger partial charge in [-0.25, -0.2) is 4.98 Å². The fourth-order valence-corrected chi connectivity index (χ4v) is 2.41. The second kappa shape index (κ2) is 8.04. The average molecular weight is 373 g/mol. The van der Waals surface area contributed by atoms with Crippen molar-refractivity contribution in [2.45, 2.75) is 0 Å². The monoisotopic (exact) mass is 372 g/mol. The number of pyridine rings is 2. The minimum atomic E-state index is 0. The van der Waals surface area contributed by atoms with E-state index in [2.05, 4.69) is 47.5 Å². The molecule has 0 radical (unpaired) electrons. The van der Waals surface area contributed by atoms with Gasteiger partial charge in [-0.15, -0.1) is 17.0 Å². The maximum absolute atomic E-state index is 4.77. The van der Waals surface area contributed by atoms with Crippen LogP contribution in [0.2, 0.25) is 0 Å². The third-order valence-corrected chi connectivity index (χ3v) is 3.57. The Balaban J connectivity index is 0.00000192. The van der Waals surface area contributed by atoms with Crippen molar-refractivity contribution in [2.24, 2.45) is 0 Å². The number of halogens is 1.